The van der Waals surface area contributed by atoms with Crippen molar-refractivity contribution in [3.05, 3.63) is 32.5 Å². The zero-order valence-electron chi connectivity index (χ0n) is 4.00. The van der Waals surface area contributed by atoms with Crippen molar-refractivity contribution in [3.63, 3.8) is 0 Å². The maximum absolute atomic E-state index is 8.00. The number of hydrogen-bond acceptors (Lipinski definition) is 6. The van der Waals surface area contributed by atoms with E-state index < -0.39 is 0 Å². The van der Waals surface area contributed by atoms with Crippen LogP contribution in [0.4, 0.5) is 0 Å². The van der Waals surface area contributed by atoms with Crippen molar-refractivity contribution in [3.8, 4) is 0 Å². The van der Waals surface area contributed by atoms with Crippen molar-refractivity contribution in [2.75, 3.05) is 0 Å². The van der Waals surface area contributed by atoms with Gasteiger partial charge in [-0.3, -0.25) is 0 Å². The largest absolute Gasteiger partial charge is 2.00 e. The Morgan fingerprint density at radius 1 is 0.889 bits per heavy atom. The number of nitrogens with two attached hydrogens (primary N) is 2. The van der Waals surface area contributed by atoms with E-state index in [1.165, 1.54) is 0 Å². The van der Waals surface area contributed by atoms with Crippen molar-refractivity contribution in [2.24, 2.45) is 10.7 Å². The molecule has 0 heterocycles. The van der Waals surface area contributed by atoms with Crippen LogP contribution in [-0.4, -0.2) is 0 Å². The molecule has 0 aliphatic heterocycles. The molecule has 0 bridgehead atoms. The molecule has 0 atom stereocenters. The fourth-order valence-electron chi connectivity index (χ4n) is 0. The second kappa shape index (κ2) is 153. The van der Waals surface area contributed by atoms with Crippen LogP contribution in [0.15, 0.2) is 10.7 Å². The molecule has 0 saturated heterocycles. The average molecular weight is 319 g/mol. The molecule has 0 unspecified atom stereocenters. The topological polar surface area (TPSA) is 172 Å². The van der Waals surface area contributed by atoms with Crippen LogP contribution >= 0.6 is 0 Å². The maximum atomic E-state index is 8.00. The van der Waals surface area contributed by atoms with Crippen LogP contribution in [0.5, 0.6) is 0 Å². The molecule has 0 fully saturated rings. The van der Waals surface area contributed by atoms with Gasteiger partial charge in [0.1, 0.15) is 0 Å². The van der Waals surface area contributed by atoms with Crippen LogP contribution in [0, 0.1) is 20.2 Å². The van der Waals surface area contributed by atoms with E-state index in [2.05, 4.69) is 0 Å². The number of rotatable bonds is 0. The first-order valence-corrected chi connectivity index (χ1v) is 0.730. The van der Waals surface area contributed by atoms with Gasteiger partial charge >= 0.3 is 21.1 Å². The summed E-state index contributed by atoms with van der Waals surface area (Å²) in [6.45, 7) is 0. The van der Waals surface area contributed by atoms with Gasteiger partial charge in [-0.2, -0.15) is 0 Å². The van der Waals surface area contributed by atoms with E-state index in [-0.39, 0.29) is 33.4 Å². The van der Waals surface area contributed by atoms with Crippen molar-refractivity contribution >= 4 is 0 Å². The van der Waals surface area contributed by atoms with Gasteiger partial charge < -0.3 is 32.5 Å². The van der Waals surface area contributed by atoms with Gasteiger partial charge in [0, 0.05) is 0 Å². The van der Waals surface area contributed by atoms with E-state index in [0.29, 0.717) is 0 Å². The summed E-state index contributed by atoms with van der Waals surface area (Å²) < 4.78 is 0. The normalized spacial score (nSPS) is 2.67. The third kappa shape index (κ3) is 619. The van der Waals surface area contributed by atoms with E-state index in [0.717, 1.165) is 10.7 Å². The molecular formula is H4N4O4Pt-2. The van der Waals surface area contributed by atoms with E-state index in [4.69, 9.17) is 20.2 Å². The van der Waals surface area contributed by atoms with E-state index in [9.17, 15) is 0 Å². The molecule has 0 spiro atoms. The molecule has 0 rings (SSSR count). The van der Waals surface area contributed by atoms with Gasteiger partial charge in [0.25, 0.3) is 0 Å². The smallest absolute Gasteiger partial charge is 0.693 e. The van der Waals surface area contributed by atoms with Crippen LogP contribution in [0.25, 0.3) is 12.3 Å². The van der Waals surface area contributed by atoms with Gasteiger partial charge in [0.2, 0.25) is 0 Å². The Balaban J connectivity index is -0.00000000889. The Morgan fingerprint density at radius 3 is 0.889 bits per heavy atom. The maximum Gasteiger partial charge on any atom is 2.00 e. The first kappa shape index (κ1) is 39.7. The molecule has 0 aromatic rings. The minimum absolute atomic E-state index is 0. The van der Waals surface area contributed by atoms with E-state index >= 15 is 0 Å². The second-order valence-corrected chi connectivity index (χ2v) is 0.149. The minimum Gasteiger partial charge on any atom is -0.693 e. The third-order valence-corrected chi connectivity index (χ3v) is 0. The Hall–Kier alpha value is -0.592. The van der Waals surface area contributed by atoms with Crippen LogP contribution in [0.1, 0.15) is 0 Å². The van der Waals surface area contributed by atoms with E-state index in [1.807, 2.05) is 0 Å². The molecule has 0 aromatic carbocycles. The molecule has 8 nitrogen and oxygen atoms in total. The number of hydrogen-bond donors (Lipinski definition) is 0. The molecule has 0 aliphatic rings. The van der Waals surface area contributed by atoms with Crippen molar-refractivity contribution in [1.29, 1.82) is 0 Å². The Kier molecular flexibility index (Phi) is 677. The van der Waals surface area contributed by atoms with Gasteiger partial charge in [-0.1, -0.05) is 0 Å². The summed E-state index contributed by atoms with van der Waals surface area (Å²) >= 11 is 0. The van der Waals surface area contributed by atoms with Gasteiger partial charge in [0.15, 0.2) is 0 Å². The molecule has 0 aliphatic carbocycles. The van der Waals surface area contributed by atoms with Crippen LogP contribution in [0.3, 0.4) is 0 Å². The van der Waals surface area contributed by atoms with Gasteiger partial charge in [-0.25, -0.2) is 0 Å². The summed E-state index contributed by atoms with van der Waals surface area (Å²) in [5, 5.41) is 18.0. The molecule has 9 heteroatoms. The predicted octanol–water partition coefficient (Wildman–Crippen LogP) is 1.93. The summed E-state index contributed by atoms with van der Waals surface area (Å²) in [4.78, 5) is 16.0. The van der Waals surface area contributed by atoms with Gasteiger partial charge in [-0.05, 0) is 0 Å². The molecule has 0 aromatic heterocycles. The Bertz CT molecular complexity index is 33.5. The molecule has 0 radical (unpaired) electrons. The first-order valence-electron chi connectivity index (χ1n) is 0.730. The van der Waals surface area contributed by atoms with E-state index in [1.54, 1.807) is 0 Å². The zero-order valence-corrected chi connectivity index (χ0v) is 6.27. The summed E-state index contributed by atoms with van der Waals surface area (Å²) in [6, 6.07) is 0. The summed E-state index contributed by atoms with van der Waals surface area (Å²) in [7, 11) is 0. The molecule has 4 N–H and O–H groups in total. The van der Waals surface area contributed by atoms with Crippen molar-refractivity contribution in [1.82, 2.24) is 0 Å². The fraction of sp³-hybridized carbons (Fsp3) is 0. The average Bonchev–Trinajstić information content (AvgIpc) is 1.39. The number of nitrogens with zero attached hydrogens (tertiary/aromatic N) is 2. The second-order valence-electron chi connectivity index (χ2n) is 0.149. The van der Waals surface area contributed by atoms with Gasteiger partial charge in [0.05, 0.1) is 0 Å². The minimum atomic E-state index is 0. The van der Waals surface area contributed by atoms with Crippen LogP contribution in [-0.2, 0) is 21.1 Å². The van der Waals surface area contributed by atoms with Gasteiger partial charge in [-0.15, -0.1) is 10.7 Å². The summed E-state index contributed by atoms with van der Waals surface area (Å²) in [5.74, 6) is 0. The molecule has 0 amide bonds. The van der Waals surface area contributed by atoms with Crippen LogP contribution < -0.4 is 0 Å². The SMILES string of the molecule is O=N[O-].O=N[O-].[NH2-].[NH2-].[Pt+2]. The van der Waals surface area contributed by atoms with Crippen molar-refractivity contribution < 1.29 is 21.1 Å². The molecule has 60 valence electrons. The Labute approximate surface area is 64.9 Å². The van der Waals surface area contributed by atoms with Crippen molar-refractivity contribution in [2.45, 2.75) is 0 Å². The summed E-state index contributed by atoms with van der Waals surface area (Å²) in [5.41, 5.74) is 0. The monoisotopic (exact) mass is 319 g/mol. The predicted molar refractivity (Wildman–Crippen MR) is 28.9 cm³/mol. The Morgan fingerprint density at radius 2 is 0.889 bits per heavy atom. The van der Waals surface area contributed by atoms with Crippen LogP contribution in [0.2, 0.25) is 0 Å². The summed E-state index contributed by atoms with van der Waals surface area (Å²) in [6.07, 6.45) is 0. The fourth-order valence-corrected chi connectivity index (χ4v) is 0. The first-order chi connectivity index (χ1) is 2.83. The molecular weight excluding hydrogens is 315 g/mol. The standard InChI is InChI=1S/2HNO2.2H2N.Pt/c2*2-1-3;;;/h2*(H,2,3);2*1H2;/q;;2*-1;+2/p-2. The quantitative estimate of drug-likeness (QED) is 0.490. The third-order valence-electron chi connectivity index (χ3n) is 0. The molecule has 9 heavy (non-hydrogen) atoms. The molecule has 0 saturated carbocycles. The zero-order chi connectivity index (χ0) is 5.41.